The largest absolute Gasteiger partial charge is 0.435 e. The molecule has 13 nitrogen and oxygen atoms in total. The van der Waals surface area contributed by atoms with Crippen molar-refractivity contribution in [3.8, 4) is 23.0 Å². The zero-order valence-electron chi connectivity index (χ0n) is 34.6. The van der Waals surface area contributed by atoms with Crippen molar-refractivity contribution in [2.75, 3.05) is 37.9 Å². The van der Waals surface area contributed by atoms with E-state index in [4.69, 9.17) is 4.98 Å². The number of aryl methyl sites for hydroxylation is 1. The lowest BCUT2D eigenvalue weighted by Crippen LogP contribution is -2.48. The molecule has 0 radical (unpaired) electrons. The van der Waals surface area contributed by atoms with Crippen molar-refractivity contribution in [1.82, 2.24) is 39.1 Å². The van der Waals surface area contributed by atoms with Crippen molar-refractivity contribution in [2.45, 2.75) is 69.8 Å². The first-order valence-corrected chi connectivity index (χ1v) is 21.3. The van der Waals surface area contributed by atoms with Gasteiger partial charge in [0, 0.05) is 72.7 Å². The Hall–Kier alpha value is -5.56. The average molecular weight is 902 g/mol. The highest BCUT2D eigenvalue weighted by Gasteiger charge is 2.76. The van der Waals surface area contributed by atoms with Crippen LogP contribution in [0.3, 0.4) is 0 Å². The summed E-state index contributed by atoms with van der Waals surface area (Å²) in [6.07, 6.45) is -5.67. The Labute approximate surface area is 357 Å². The number of pyridine rings is 1. The molecule has 2 aromatic carbocycles. The summed E-state index contributed by atoms with van der Waals surface area (Å²) in [7, 11) is -0.601. The van der Waals surface area contributed by atoms with Gasteiger partial charge in [-0.2, -0.15) is 44.9 Å². The molecule has 1 saturated carbocycles. The second kappa shape index (κ2) is 15.3. The minimum Gasteiger partial charge on any atom is -0.378 e. The van der Waals surface area contributed by atoms with Crippen LogP contribution in [-0.2, 0) is 47.1 Å². The predicted octanol–water partition coefficient (Wildman–Crippen LogP) is 5.85. The number of anilines is 1. The summed E-state index contributed by atoms with van der Waals surface area (Å²) < 4.78 is 136. The van der Waals surface area contributed by atoms with Gasteiger partial charge in [0.15, 0.2) is 11.5 Å². The molecule has 2 fully saturated rings. The monoisotopic (exact) mass is 901 g/mol. The molecule has 334 valence electrons. The molecular weight excluding hydrogens is 860 g/mol. The number of halogens is 7. The van der Waals surface area contributed by atoms with E-state index in [0.717, 1.165) is 12.1 Å². The number of para-hydroxylation sites is 1. The van der Waals surface area contributed by atoms with Gasteiger partial charge in [0.2, 0.25) is 5.91 Å². The number of piperazine rings is 1. The van der Waals surface area contributed by atoms with E-state index in [1.165, 1.54) is 35.8 Å². The van der Waals surface area contributed by atoms with Gasteiger partial charge in [-0.15, -0.1) is 0 Å². The van der Waals surface area contributed by atoms with Crippen molar-refractivity contribution in [1.29, 1.82) is 0 Å². The smallest absolute Gasteiger partial charge is 0.378 e. The first kappa shape index (κ1) is 44.1. The molecule has 21 heteroatoms. The molecule has 1 aliphatic heterocycles. The fourth-order valence-corrected chi connectivity index (χ4v) is 9.69. The summed E-state index contributed by atoms with van der Waals surface area (Å²) >= 11 is 0. The molecule has 1 amide bonds. The van der Waals surface area contributed by atoms with Crippen LogP contribution in [-0.4, -0.2) is 92.0 Å². The van der Waals surface area contributed by atoms with E-state index in [-0.39, 0.29) is 54.3 Å². The number of likely N-dealkylation sites (N-methyl/N-ethyl adjacent to an activating group) is 1. The molecule has 3 atom stereocenters. The SMILES string of the molecule is CN1CCN(S(=O)(=O)Nc2nn(C)c3c(-c4ccc(C#CC(C)(C)O)nc4[C@H](Cc4cc(F)cc(F)c4)NC(=O)Cn4nc(C(F)(F)F)c5c4C(F)(F)[C@]4(C)C[C@H]54)cccc23)CC1. The van der Waals surface area contributed by atoms with Crippen LogP contribution in [0.1, 0.15) is 73.1 Å². The lowest BCUT2D eigenvalue weighted by atomic mass is 9.93. The number of carbonyl (C=O) groups is 1. The third-order valence-corrected chi connectivity index (χ3v) is 13.3. The minimum absolute atomic E-state index is 0.00354. The fourth-order valence-electron chi connectivity index (χ4n) is 8.52. The number of amides is 1. The van der Waals surface area contributed by atoms with Crippen LogP contribution in [0.25, 0.3) is 22.0 Å². The van der Waals surface area contributed by atoms with Gasteiger partial charge in [-0.05, 0) is 75.6 Å². The Morgan fingerprint density at radius 1 is 1.00 bits per heavy atom. The van der Waals surface area contributed by atoms with Crippen LogP contribution in [0.4, 0.5) is 36.6 Å². The number of aliphatic hydroxyl groups is 1. The summed E-state index contributed by atoms with van der Waals surface area (Å²) in [5.74, 6) is -2.44. The van der Waals surface area contributed by atoms with Crippen LogP contribution in [0.2, 0.25) is 0 Å². The van der Waals surface area contributed by atoms with Crippen LogP contribution in [0.5, 0.6) is 0 Å². The highest BCUT2D eigenvalue weighted by molar-refractivity contribution is 7.90. The number of hydrogen-bond donors (Lipinski definition) is 3. The lowest BCUT2D eigenvalue weighted by molar-refractivity contribution is -0.142. The summed E-state index contributed by atoms with van der Waals surface area (Å²) in [5.41, 5.74) is -5.30. The minimum atomic E-state index is -5.10. The number of nitrogens with zero attached hydrogens (tertiary/aromatic N) is 7. The van der Waals surface area contributed by atoms with E-state index in [1.807, 2.05) is 11.9 Å². The van der Waals surface area contributed by atoms with Gasteiger partial charge < -0.3 is 15.3 Å². The zero-order chi connectivity index (χ0) is 45.6. The van der Waals surface area contributed by atoms with E-state index in [1.54, 1.807) is 31.3 Å². The first-order valence-electron chi connectivity index (χ1n) is 19.9. The van der Waals surface area contributed by atoms with Gasteiger partial charge in [-0.25, -0.2) is 13.8 Å². The molecule has 5 aromatic rings. The number of benzene rings is 2. The summed E-state index contributed by atoms with van der Waals surface area (Å²) in [6.45, 7) is 4.49. The Bertz CT molecular complexity index is 2820. The third kappa shape index (κ3) is 8.24. The van der Waals surface area contributed by atoms with Crippen LogP contribution >= 0.6 is 0 Å². The molecule has 1 saturated heterocycles. The van der Waals surface area contributed by atoms with E-state index in [9.17, 15) is 40.3 Å². The zero-order valence-corrected chi connectivity index (χ0v) is 35.4. The van der Waals surface area contributed by atoms with Gasteiger partial charge in [0.05, 0.1) is 17.3 Å². The highest BCUT2D eigenvalue weighted by atomic mass is 32.2. The predicted molar refractivity (Wildman–Crippen MR) is 216 cm³/mol. The molecule has 2 aliphatic carbocycles. The summed E-state index contributed by atoms with van der Waals surface area (Å²) in [5, 5.41) is 21.4. The lowest BCUT2D eigenvalue weighted by Gasteiger charge is -2.31. The second-order valence-electron chi connectivity index (χ2n) is 17.0. The maximum atomic E-state index is 15.8. The van der Waals surface area contributed by atoms with Crippen LogP contribution in [0.15, 0.2) is 48.5 Å². The number of hydrogen-bond acceptors (Lipinski definition) is 8. The quantitative estimate of drug-likeness (QED) is 0.117. The van der Waals surface area contributed by atoms with Gasteiger partial charge in [0.25, 0.3) is 5.92 Å². The maximum absolute atomic E-state index is 15.8. The normalized spacial score (nSPS) is 20.5. The Balaban J connectivity index is 1.24. The fraction of sp³-hybridized carbons (Fsp3) is 0.429. The molecule has 63 heavy (non-hydrogen) atoms. The molecule has 8 rings (SSSR count). The molecule has 3 aliphatic rings. The van der Waals surface area contributed by atoms with Crippen molar-refractivity contribution in [3.05, 3.63) is 94.1 Å². The maximum Gasteiger partial charge on any atom is 0.435 e. The van der Waals surface area contributed by atoms with Crippen molar-refractivity contribution in [2.24, 2.45) is 12.5 Å². The molecular formula is C42H42F7N9O4S. The van der Waals surface area contributed by atoms with Gasteiger partial charge >= 0.3 is 16.4 Å². The van der Waals surface area contributed by atoms with E-state index < -0.39 is 86.3 Å². The second-order valence-corrected chi connectivity index (χ2v) is 18.7. The first-order chi connectivity index (χ1) is 29.4. The van der Waals surface area contributed by atoms with Crippen molar-refractivity contribution >= 4 is 32.8 Å². The van der Waals surface area contributed by atoms with Gasteiger partial charge in [0.1, 0.15) is 35.2 Å². The average Bonchev–Trinajstić information content (AvgIpc) is 3.49. The van der Waals surface area contributed by atoms with Crippen LogP contribution < -0.4 is 10.0 Å². The summed E-state index contributed by atoms with van der Waals surface area (Å²) in [6, 6.07) is 9.25. The van der Waals surface area contributed by atoms with Crippen LogP contribution in [0, 0.1) is 28.9 Å². The van der Waals surface area contributed by atoms with Gasteiger partial charge in [-0.3, -0.25) is 18.9 Å². The Morgan fingerprint density at radius 3 is 2.33 bits per heavy atom. The topological polar surface area (TPSA) is 151 Å². The van der Waals surface area contributed by atoms with E-state index >= 15 is 8.78 Å². The molecule has 0 unspecified atom stereocenters. The Kier molecular flexibility index (Phi) is 10.7. The Morgan fingerprint density at radius 2 is 1.68 bits per heavy atom. The molecule has 3 N–H and O–H groups in total. The molecule has 3 aromatic heterocycles. The number of carbonyl (C=O) groups excluding carboxylic acids is 1. The standard InChI is InChI=1S/C42H42F7N9O4S/c1-39(2,60)12-11-26-9-10-27(28-7-6-8-29-35(28)56(5)53-38(29)54-63(61,62)57-15-13-55(4)14-16-57)34(50-26)31(19-23-17-24(43)20-25(44)18-23)51-32(59)22-58-37-33(36(52-58)42(47,48)49)30-21-40(30,3)41(37,45)46/h6-10,17-18,20,30-31,60H,13-16,19,21-22H2,1-5H3,(H,51,59)(H,53,54)/t30-,31+,40-/m1/s1. The van der Waals surface area contributed by atoms with Crippen molar-refractivity contribution < 1.29 is 49.1 Å². The van der Waals surface area contributed by atoms with E-state index in [0.29, 0.717) is 40.3 Å². The van der Waals surface area contributed by atoms with Crippen molar-refractivity contribution in [3.63, 3.8) is 0 Å². The molecule has 0 spiro atoms. The molecule has 4 heterocycles. The summed E-state index contributed by atoms with van der Waals surface area (Å²) in [4.78, 5) is 20.8. The number of aromatic nitrogens is 5. The number of rotatable bonds is 10. The van der Waals surface area contributed by atoms with E-state index in [2.05, 4.69) is 32.1 Å². The van der Waals surface area contributed by atoms with Gasteiger partial charge in [-0.1, -0.05) is 25.0 Å². The number of fused-ring (bicyclic) bond motifs is 4. The molecule has 0 bridgehead atoms. The number of nitrogens with one attached hydrogen (secondary N) is 2. The highest BCUT2D eigenvalue weighted by Crippen LogP contribution is 2.77. The number of alkyl halides is 5. The third-order valence-electron chi connectivity index (χ3n) is 11.8.